The Kier molecular flexibility index (Phi) is 10.3. The van der Waals surface area contributed by atoms with Crippen LogP contribution in [0.2, 0.25) is 0 Å². The third-order valence-electron chi connectivity index (χ3n) is 6.29. The van der Waals surface area contributed by atoms with Crippen molar-refractivity contribution in [2.24, 2.45) is 5.41 Å². The molecule has 1 aromatic carbocycles. The van der Waals surface area contributed by atoms with Crippen molar-refractivity contribution in [3.63, 3.8) is 0 Å². The molecule has 3 nitrogen and oxygen atoms in total. The van der Waals surface area contributed by atoms with Gasteiger partial charge in [0.15, 0.2) is 0 Å². The van der Waals surface area contributed by atoms with Crippen molar-refractivity contribution in [2.75, 3.05) is 0 Å². The van der Waals surface area contributed by atoms with Gasteiger partial charge in [0.25, 0.3) is 0 Å². The Bertz CT molecular complexity index is 889. The molecule has 2 atom stereocenters. The van der Waals surface area contributed by atoms with Crippen molar-refractivity contribution in [1.29, 1.82) is 0 Å². The van der Waals surface area contributed by atoms with Crippen LogP contribution in [0.3, 0.4) is 0 Å². The lowest BCUT2D eigenvalue weighted by Crippen LogP contribution is -2.29. The maximum atomic E-state index is 11.4. The van der Waals surface area contributed by atoms with Gasteiger partial charge < -0.3 is 10.2 Å². The lowest BCUT2D eigenvalue weighted by Gasteiger charge is -2.36. The highest BCUT2D eigenvalue weighted by molar-refractivity contribution is 5.48. The second-order valence-corrected chi connectivity index (χ2v) is 10.9. The predicted molar refractivity (Wildman–Crippen MR) is 142 cm³/mol. The Morgan fingerprint density at radius 3 is 1.97 bits per heavy atom. The molecule has 1 aliphatic rings. The maximum Gasteiger partial charge on any atom is 0.106 e. The van der Waals surface area contributed by atoms with E-state index in [1.165, 1.54) is 5.56 Å². The predicted octanol–water partition coefficient (Wildman–Crippen LogP) is 7.95. The van der Waals surface area contributed by atoms with Crippen LogP contribution in [-0.2, 0) is 11.8 Å². The first kappa shape index (κ1) is 29.3. The van der Waals surface area contributed by atoms with Crippen LogP contribution in [0, 0.1) is 12.3 Å². The smallest absolute Gasteiger partial charge is 0.106 e. The van der Waals surface area contributed by atoms with Crippen LogP contribution >= 0.6 is 0 Å². The Labute approximate surface area is 203 Å². The third kappa shape index (κ3) is 6.67. The van der Waals surface area contributed by atoms with Gasteiger partial charge in [-0.05, 0) is 53.2 Å². The molecule has 0 bridgehead atoms. The molecule has 186 valence electrons. The van der Waals surface area contributed by atoms with E-state index < -0.39 is 12.2 Å². The average Bonchev–Trinajstić information content (AvgIpc) is 2.74. The molecule has 33 heavy (non-hydrogen) atoms. The SMILES string of the molecule is CC.CC.Cc1c2c(nc(C(C)C)c1[C@@H](O)c1ccc(C(C)(C)C)cc1)CC(C)(C)CC2O. The van der Waals surface area contributed by atoms with Crippen LogP contribution in [0.5, 0.6) is 0 Å². The number of hydrogen-bond acceptors (Lipinski definition) is 3. The fourth-order valence-corrected chi connectivity index (χ4v) is 4.66. The number of aliphatic hydroxyl groups excluding tert-OH is 2. The Morgan fingerprint density at radius 1 is 1.00 bits per heavy atom. The molecule has 1 aromatic heterocycles. The molecule has 0 fully saturated rings. The summed E-state index contributed by atoms with van der Waals surface area (Å²) in [5, 5.41) is 22.3. The van der Waals surface area contributed by atoms with Gasteiger partial charge in [-0.15, -0.1) is 0 Å². The van der Waals surface area contributed by atoms with E-state index in [4.69, 9.17) is 4.98 Å². The molecule has 2 N–H and O–H groups in total. The summed E-state index contributed by atoms with van der Waals surface area (Å²) in [4.78, 5) is 5.00. The first-order valence-electron chi connectivity index (χ1n) is 12.8. The van der Waals surface area contributed by atoms with Crippen LogP contribution in [0.15, 0.2) is 24.3 Å². The number of pyridine rings is 1. The second kappa shape index (κ2) is 11.6. The van der Waals surface area contributed by atoms with Crippen LogP contribution in [0.4, 0.5) is 0 Å². The summed E-state index contributed by atoms with van der Waals surface area (Å²) < 4.78 is 0. The lowest BCUT2D eigenvalue weighted by atomic mass is 9.72. The van der Waals surface area contributed by atoms with Gasteiger partial charge in [0.05, 0.1) is 6.10 Å². The van der Waals surface area contributed by atoms with E-state index >= 15 is 0 Å². The highest BCUT2D eigenvalue weighted by Gasteiger charge is 2.36. The molecular formula is C30H49NO2. The first-order valence-corrected chi connectivity index (χ1v) is 12.8. The number of aromatic nitrogens is 1. The topological polar surface area (TPSA) is 53.4 Å². The van der Waals surface area contributed by atoms with E-state index in [9.17, 15) is 10.2 Å². The number of fused-ring (bicyclic) bond motifs is 1. The minimum absolute atomic E-state index is 0.0308. The van der Waals surface area contributed by atoms with Crippen molar-refractivity contribution in [3.05, 3.63) is 63.5 Å². The molecule has 0 spiro atoms. The minimum atomic E-state index is -0.749. The molecule has 1 heterocycles. The van der Waals surface area contributed by atoms with Crippen LogP contribution in [-0.4, -0.2) is 15.2 Å². The first-order chi connectivity index (χ1) is 15.3. The van der Waals surface area contributed by atoms with Gasteiger partial charge in [-0.1, -0.05) is 100 Å². The molecule has 1 unspecified atom stereocenters. The monoisotopic (exact) mass is 455 g/mol. The van der Waals surface area contributed by atoms with E-state index in [0.717, 1.165) is 46.5 Å². The molecule has 0 saturated heterocycles. The molecule has 2 aromatic rings. The minimum Gasteiger partial charge on any atom is -0.388 e. The van der Waals surface area contributed by atoms with Gasteiger partial charge >= 0.3 is 0 Å². The molecule has 3 rings (SSSR count). The van der Waals surface area contributed by atoms with Crippen LogP contribution in [0.1, 0.15) is 140 Å². The molecule has 0 radical (unpaired) electrons. The zero-order valence-corrected chi connectivity index (χ0v) is 23.3. The number of aliphatic hydroxyl groups is 2. The maximum absolute atomic E-state index is 11.4. The van der Waals surface area contributed by atoms with E-state index in [1.807, 2.05) is 46.8 Å². The zero-order chi connectivity index (χ0) is 25.7. The van der Waals surface area contributed by atoms with Gasteiger partial charge in [0.1, 0.15) is 6.10 Å². The van der Waals surface area contributed by atoms with Crippen LogP contribution in [0.25, 0.3) is 0 Å². The lowest BCUT2D eigenvalue weighted by molar-refractivity contribution is 0.0968. The average molecular weight is 456 g/mol. The second-order valence-electron chi connectivity index (χ2n) is 10.9. The van der Waals surface area contributed by atoms with Gasteiger partial charge in [0, 0.05) is 22.5 Å². The molecule has 0 amide bonds. The van der Waals surface area contributed by atoms with Crippen molar-refractivity contribution in [1.82, 2.24) is 4.98 Å². The Balaban J connectivity index is 0.00000129. The summed E-state index contributed by atoms with van der Waals surface area (Å²) in [6.45, 7) is 25.2. The number of nitrogens with zero attached hydrogens (tertiary/aromatic N) is 1. The van der Waals surface area contributed by atoms with E-state index in [1.54, 1.807) is 0 Å². The third-order valence-corrected chi connectivity index (χ3v) is 6.29. The fraction of sp³-hybridized carbons (Fsp3) is 0.633. The Morgan fingerprint density at radius 2 is 1.52 bits per heavy atom. The van der Waals surface area contributed by atoms with Gasteiger partial charge in [0.2, 0.25) is 0 Å². The summed E-state index contributed by atoms with van der Waals surface area (Å²) in [5.74, 6) is 0.194. The van der Waals surface area contributed by atoms with Crippen molar-refractivity contribution >= 4 is 0 Å². The molecule has 3 heteroatoms. The van der Waals surface area contributed by atoms with Crippen LogP contribution < -0.4 is 0 Å². The van der Waals surface area contributed by atoms with Gasteiger partial charge in [-0.2, -0.15) is 0 Å². The molecule has 0 aliphatic heterocycles. The summed E-state index contributed by atoms with van der Waals surface area (Å²) in [6.07, 6.45) is 0.300. The molecule has 0 saturated carbocycles. The standard InChI is InChI=1S/C26H37NO2.2C2H6/c1-15(2)23-22(24(29)17-9-11-18(12-10-17)25(4,5)6)16(3)21-19(27-23)13-26(7,8)14-20(21)28;2*1-2/h9-12,15,20,24,28-29H,13-14H2,1-8H3;2*1-2H3/t20?,24-;;/m0../s1. The largest absolute Gasteiger partial charge is 0.388 e. The summed E-state index contributed by atoms with van der Waals surface area (Å²) in [7, 11) is 0. The number of benzene rings is 1. The van der Waals surface area contributed by atoms with Crippen molar-refractivity contribution in [3.8, 4) is 0 Å². The van der Waals surface area contributed by atoms with E-state index in [0.29, 0.717) is 0 Å². The number of hydrogen-bond donors (Lipinski definition) is 2. The van der Waals surface area contributed by atoms with Crippen molar-refractivity contribution in [2.45, 2.75) is 119 Å². The Hall–Kier alpha value is -1.71. The summed E-state index contributed by atoms with van der Waals surface area (Å²) in [5.41, 5.74) is 6.94. The summed E-state index contributed by atoms with van der Waals surface area (Å²) in [6, 6.07) is 8.25. The number of rotatable bonds is 3. The summed E-state index contributed by atoms with van der Waals surface area (Å²) >= 11 is 0. The molecule has 1 aliphatic carbocycles. The van der Waals surface area contributed by atoms with E-state index in [2.05, 4.69) is 60.6 Å². The fourth-order valence-electron chi connectivity index (χ4n) is 4.66. The van der Waals surface area contributed by atoms with E-state index in [-0.39, 0.29) is 16.7 Å². The highest BCUT2D eigenvalue weighted by atomic mass is 16.3. The quantitative estimate of drug-likeness (QED) is 0.493. The highest BCUT2D eigenvalue weighted by Crippen LogP contribution is 2.44. The van der Waals surface area contributed by atoms with Gasteiger partial charge in [-0.25, -0.2) is 0 Å². The zero-order valence-electron chi connectivity index (χ0n) is 23.3. The molecular weight excluding hydrogens is 406 g/mol. The van der Waals surface area contributed by atoms with Gasteiger partial charge in [-0.3, -0.25) is 4.98 Å². The van der Waals surface area contributed by atoms with Crippen molar-refractivity contribution < 1.29 is 10.2 Å². The normalized spacial score (nSPS) is 17.8.